The van der Waals surface area contributed by atoms with Gasteiger partial charge in [-0.25, -0.2) is 8.42 Å². The molecule has 2 rings (SSSR count). The van der Waals surface area contributed by atoms with Crippen molar-refractivity contribution in [2.24, 2.45) is 0 Å². The van der Waals surface area contributed by atoms with Crippen LogP contribution in [0.3, 0.4) is 0 Å². The van der Waals surface area contributed by atoms with Crippen LogP contribution in [0.2, 0.25) is 0 Å². The molecule has 0 saturated heterocycles. The summed E-state index contributed by atoms with van der Waals surface area (Å²) in [7, 11) is -0.403. The predicted molar refractivity (Wildman–Crippen MR) is 110 cm³/mol. The number of benzene rings is 2. The highest BCUT2D eigenvalue weighted by Crippen LogP contribution is 2.19. The lowest BCUT2D eigenvalue weighted by Crippen LogP contribution is -2.40. The van der Waals surface area contributed by atoms with Crippen LogP contribution in [0.15, 0.2) is 48.5 Å². The van der Waals surface area contributed by atoms with Gasteiger partial charge in [0.1, 0.15) is 6.54 Å². The van der Waals surface area contributed by atoms with Crippen LogP contribution in [-0.2, 0) is 21.4 Å². The molecule has 0 fully saturated rings. The summed E-state index contributed by atoms with van der Waals surface area (Å²) in [5.74, 6) is -0.601. The number of amides is 2. The summed E-state index contributed by atoms with van der Waals surface area (Å²) in [6, 6.07) is 13.8. The molecule has 7 nitrogen and oxygen atoms in total. The third-order valence-electron chi connectivity index (χ3n) is 4.23. The number of carbonyl (C=O) groups is 2. The first kappa shape index (κ1) is 21.4. The second-order valence-electron chi connectivity index (χ2n) is 6.72. The van der Waals surface area contributed by atoms with Crippen molar-refractivity contribution in [3.8, 4) is 0 Å². The standard InChI is InChI=1S/C20H25N3O4S/c1-15-7-5-6-8-17(15)13-21-19(24)14-23(28(4,26)27)18-11-9-16(10-12-18)20(25)22(2)3/h5-12H,13-14H2,1-4H3,(H,21,24). The van der Waals surface area contributed by atoms with E-state index in [1.54, 1.807) is 26.2 Å². The quantitative estimate of drug-likeness (QED) is 0.763. The minimum Gasteiger partial charge on any atom is -0.350 e. The van der Waals surface area contributed by atoms with E-state index >= 15 is 0 Å². The SMILES string of the molecule is Cc1ccccc1CNC(=O)CN(c1ccc(C(=O)N(C)C)cc1)S(C)(=O)=O. The van der Waals surface area contributed by atoms with E-state index in [0.717, 1.165) is 21.7 Å². The maximum atomic E-state index is 12.3. The maximum absolute atomic E-state index is 12.3. The number of hydrogen-bond acceptors (Lipinski definition) is 4. The summed E-state index contributed by atoms with van der Waals surface area (Å²) in [6.07, 6.45) is 1.04. The van der Waals surface area contributed by atoms with Crippen LogP contribution in [0.1, 0.15) is 21.5 Å². The van der Waals surface area contributed by atoms with Crippen LogP contribution in [0.25, 0.3) is 0 Å². The van der Waals surface area contributed by atoms with Gasteiger partial charge < -0.3 is 10.2 Å². The number of anilines is 1. The molecule has 28 heavy (non-hydrogen) atoms. The second-order valence-corrected chi connectivity index (χ2v) is 8.63. The molecule has 0 aliphatic carbocycles. The minimum absolute atomic E-state index is 0.187. The molecular formula is C20H25N3O4S. The highest BCUT2D eigenvalue weighted by Gasteiger charge is 2.21. The summed E-state index contributed by atoms with van der Waals surface area (Å²) >= 11 is 0. The highest BCUT2D eigenvalue weighted by molar-refractivity contribution is 7.92. The average Bonchev–Trinajstić information content (AvgIpc) is 2.64. The number of rotatable bonds is 7. The number of aryl methyl sites for hydroxylation is 1. The van der Waals surface area contributed by atoms with Crippen LogP contribution >= 0.6 is 0 Å². The van der Waals surface area contributed by atoms with Crippen LogP contribution in [0.4, 0.5) is 5.69 Å². The van der Waals surface area contributed by atoms with Gasteiger partial charge in [-0.05, 0) is 42.3 Å². The smallest absolute Gasteiger partial charge is 0.253 e. The van der Waals surface area contributed by atoms with E-state index in [1.165, 1.54) is 17.0 Å². The van der Waals surface area contributed by atoms with E-state index in [9.17, 15) is 18.0 Å². The Morgan fingerprint density at radius 1 is 1.00 bits per heavy atom. The Labute approximate surface area is 166 Å². The van der Waals surface area contributed by atoms with Gasteiger partial charge in [-0.15, -0.1) is 0 Å². The molecule has 1 N–H and O–H groups in total. The maximum Gasteiger partial charge on any atom is 0.253 e. The van der Waals surface area contributed by atoms with Crippen LogP contribution in [0.5, 0.6) is 0 Å². The van der Waals surface area contributed by atoms with Gasteiger partial charge in [0.25, 0.3) is 5.91 Å². The molecule has 0 saturated carbocycles. The summed E-state index contributed by atoms with van der Waals surface area (Å²) in [5.41, 5.74) is 2.77. The fourth-order valence-corrected chi connectivity index (χ4v) is 3.47. The van der Waals surface area contributed by atoms with E-state index in [0.29, 0.717) is 17.8 Å². The van der Waals surface area contributed by atoms with Gasteiger partial charge in [-0.3, -0.25) is 13.9 Å². The van der Waals surface area contributed by atoms with Crippen molar-refractivity contribution in [2.45, 2.75) is 13.5 Å². The Morgan fingerprint density at radius 3 is 2.14 bits per heavy atom. The molecule has 0 bridgehead atoms. The average molecular weight is 404 g/mol. The van der Waals surface area contributed by atoms with Gasteiger partial charge >= 0.3 is 0 Å². The zero-order valence-electron chi connectivity index (χ0n) is 16.5. The molecule has 0 aromatic heterocycles. The first-order chi connectivity index (χ1) is 13.1. The van der Waals surface area contributed by atoms with Crippen molar-refractivity contribution in [3.63, 3.8) is 0 Å². The molecule has 0 aliphatic rings. The van der Waals surface area contributed by atoms with E-state index in [1.807, 2.05) is 31.2 Å². The molecule has 0 unspecified atom stereocenters. The minimum atomic E-state index is -3.68. The van der Waals surface area contributed by atoms with E-state index in [4.69, 9.17) is 0 Å². The van der Waals surface area contributed by atoms with Crippen LogP contribution in [0, 0.1) is 6.92 Å². The molecule has 0 heterocycles. The molecule has 0 aliphatic heterocycles. The number of sulfonamides is 1. The zero-order chi connectivity index (χ0) is 20.9. The summed E-state index contributed by atoms with van der Waals surface area (Å²) < 4.78 is 25.4. The molecule has 8 heteroatoms. The predicted octanol–water partition coefficient (Wildman–Crippen LogP) is 1.78. The first-order valence-corrected chi connectivity index (χ1v) is 10.5. The van der Waals surface area contributed by atoms with Gasteiger partial charge in [0.2, 0.25) is 15.9 Å². The zero-order valence-corrected chi connectivity index (χ0v) is 17.3. The Morgan fingerprint density at radius 2 is 1.61 bits per heavy atom. The monoisotopic (exact) mass is 403 g/mol. The van der Waals surface area contributed by atoms with Gasteiger partial charge in [-0.2, -0.15) is 0 Å². The third kappa shape index (κ3) is 5.56. The fourth-order valence-electron chi connectivity index (χ4n) is 2.62. The second kappa shape index (κ2) is 8.88. The number of carbonyl (C=O) groups excluding carboxylic acids is 2. The van der Waals surface area contributed by atoms with Crippen LogP contribution in [-0.4, -0.2) is 52.0 Å². The van der Waals surface area contributed by atoms with Crippen LogP contribution < -0.4 is 9.62 Å². The molecular weight excluding hydrogens is 378 g/mol. The van der Waals surface area contributed by atoms with Gasteiger partial charge in [0.15, 0.2) is 0 Å². The first-order valence-electron chi connectivity index (χ1n) is 8.70. The van der Waals surface area contributed by atoms with Crippen molar-refractivity contribution in [1.82, 2.24) is 10.2 Å². The normalized spacial score (nSPS) is 11.0. The van der Waals surface area contributed by atoms with Crippen molar-refractivity contribution in [3.05, 3.63) is 65.2 Å². The largest absolute Gasteiger partial charge is 0.350 e. The third-order valence-corrected chi connectivity index (χ3v) is 5.37. The van der Waals surface area contributed by atoms with Gasteiger partial charge in [0, 0.05) is 26.2 Å². The molecule has 2 amide bonds. The van der Waals surface area contributed by atoms with Gasteiger partial charge in [-0.1, -0.05) is 24.3 Å². The van der Waals surface area contributed by atoms with Crippen molar-refractivity contribution in [1.29, 1.82) is 0 Å². The number of nitrogens with zero attached hydrogens (tertiary/aromatic N) is 2. The number of nitrogens with one attached hydrogen (secondary N) is 1. The Bertz CT molecular complexity index is 954. The molecule has 150 valence electrons. The molecule has 0 radical (unpaired) electrons. The Balaban J connectivity index is 2.13. The molecule has 0 spiro atoms. The lowest BCUT2D eigenvalue weighted by atomic mass is 10.1. The van der Waals surface area contributed by atoms with Crippen molar-refractivity contribution < 1.29 is 18.0 Å². The highest BCUT2D eigenvalue weighted by atomic mass is 32.2. The Hall–Kier alpha value is -2.87. The van der Waals surface area contributed by atoms with Crippen molar-refractivity contribution in [2.75, 3.05) is 31.2 Å². The van der Waals surface area contributed by atoms with E-state index in [2.05, 4.69) is 5.32 Å². The summed E-state index contributed by atoms with van der Waals surface area (Å²) in [4.78, 5) is 25.8. The van der Waals surface area contributed by atoms with Crippen molar-refractivity contribution >= 4 is 27.5 Å². The molecule has 2 aromatic carbocycles. The molecule has 0 atom stereocenters. The lowest BCUT2D eigenvalue weighted by molar-refractivity contribution is -0.119. The summed E-state index contributed by atoms with van der Waals surface area (Å²) in [6.45, 7) is 1.92. The fraction of sp³-hybridized carbons (Fsp3) is 0.300. The topological polar surface area (TPSA) is 86.8 Å². The summed E-state index contributed by atoms with van der Waals surface area (Å²) in [5, 5.41) is 2.75. The Kier molecular flexibility index (Phi) is 6.80. The van der Waals surface area contributed by atoms with Gasteiger partial charge in [0.05, 0.1) is 11.9 Å². The van der Waals surface area contributed by atoms with E-state index in [-0.39, 0.29) is 12.5 Å². The van der Waals surface area contributed by atoms with E-state index < -0.39 is 15.9 Å². The number of hydrogen-bond donors (Lipinski definition) is 1. The molecule has 2 aromatic rings. The lowest BCUT2D eigenvalue weighted by Gasteiger charge is -2.22.